The van der Waals surface area contributed by atoms with Gasteiger partial charge in [-0.05, 0) is 26.7 Å². The summed E-state index contributed by atoms with van der Waals surface area (Å²) in [4.78, 5) is 24.3. The number of carbonyl (C=O) groups excluding carboxylic acids is 1. The molecule has 0 unspecified atom stereocenters. The molecule has 0 aliphatic rings. The maximum atomic E-state index is 11.8. The number of amides is 2. The van der Waals surface area contributed by atoms with Crippen LogP contribution in [0.2, 0.25) is 0 Å². The lowest BCUT2D eigenvalue weighted by atomic mass is 10.1. The molecule has 0 saturated carbocycles. The zero-order valence-electron chi connectivity index (χ0n) is 10.7. The highest BCUT2D eigenvalue weighted by Gasteiger charge is 2.26. The first-order valence-corrected chi connectivity index (χ1v) is 5.61. The van der Waals surface area contributed by atoms with E-state index < -0.39 is 12.0 Å². The number of nitrogens with one attached hydrogen (secondary N) is 1. The molecule has 0 bridgehead atoms. The molecule has 0 spiro atoms. The number of urea groups is 1. The van der Waals surface area contributed by atoms with Gasteiger partial charge in [0.2, 0.25) is 0 Å². The second-order valence-electron chi connectivity index (χ2n) is 4.39. The van der Waals surface area contributed by atoms with Crippen molar-refractivity contribution in [3.8, 4) is 0 Å². The number of carboxylic acids is 1. The Hall–Kier alpha value is -1.26. The van der Waals surface area contributed by atoms with Crippen LogP contribution in [0.15, 0.2) is 0 Å². The zero-order chi connectivity index (χ0) is 12.9. The second-order valence-corrected chi connectivity index (χ2v) is 4.39. The van der Waals surface area contributed by atoms with E-state index in [1.165, 1.54) is 0 Å². The molecule has 0 radical (unpaired) electrons. The quantitative estimate of drug-likeness (QED) is 0.752. The van der Waals surface area contributed by atoms with Crippen LogP contribution in [0.1, 0.15) is 34.6 Å². The first-order chi connectivity index (χ1) is 7.31. The number of carbonyl (C=O) groups is 2. The number of aliphatic carboxylic acids is 1. The Kier molecular flexibility index (Phi) is 5.85. The van der Waals surface area contributed by atoms with Gasteiger partial charge in [-0.2, -0.15) is 0 Å². The summed E-state index contributed by atoms with van der Waals surface area (Å²) >= 11 is 0. The molecule has 16 heavy (non-hydrogen) atoms. The first-order valence-electron chi connectivity index (χ1n) is 5.61. The third-order valence-electron chi connectivity index (χ3n) is 2.44. The SMILES string of the molecule is CCN(C(=O)N[C@@H](C(=O)O)C(C)C)C(C)C. The average Bonchev–Trinajstić information content (AvgIpc) is 2.13. The normalized spacial score (nSPS) is 12.7. The van der Waals surface area contributed by atoms with Crippen molar-refractivity contribution in [1.82, 2.24) is 10.2 Å². The van der Waals surface area contributed by atoms with Crippen LogP contribution >= 0.6 is 0 Å². The average molecular weight is 230 g/mol. The number of nitrogens with zero attached hydrogens (tertiary/aromatic N) is 1. The number of hydrogen-bond donors (Lipinski definition) is 2. The monoisotopic (exact) mass is 230 g/mol. The lowest BCUT2D eigenvalue weighted by molar-refractivity contribution is -0.140. The van der Waals surface area contributed by atoms with Crippen LogP contribution in [0, 0.1) is 5.92 Å². The van der Waals surface area contributed by atoms with Gasteiger partial charge in [0.05, 0.1) is 0 Å². The van der Waals surface area contributed by atoms with E-state index in [0.29, 0.717) is 6.54 Å². The number of carboxylic acid groups (broad SMARTS) is 1. The molecule has 1 atom stereocenters. The third-order valence-corrected chi connectivity index (χ3v) is 2.44. The van der Waals surface area contributed by atoms with Crippen LogP contribution in [0.3, 0.4) is 0 Å². The minimum absolute atomic E-state index is 0.0617. The van der Waals surface area contributed by atoms with Gasteiger partial charge in [-0.25, -0.2) is 9.59 Å². The van der Waals surface area contributed by atoms with Crippen molar-refractivity contribution in [3.63, 3.8) is 0 Å². The highest BCUT2D eigenvalue weighted by Crippen LogP contribution is 2.04. The van der Waals surface area contributed by atoms with Gasteiger partial charge >= 0.3 is 12.0 Å². The van der Waals surface area contributed by atoms with E-state index in [9.17, 15) is 9.59 Å². The molecule has 5 nitrogen and oxygen atoms in total. The van der Waals surface area contributed by atoms with Crippen molar-refractivity contribution in [2.24, 2.45) is 5.92 Å². The molecule has 2 N–H and O–H groups in total. The van der Waals surface area contributed by atoms with Crippen LogP contribution in [0.25, 0.3) is 0 Å². The molecule has 0 aromatic rings. The van der Waals surface area contributed by atoms with Crippen molar-refractivity contribution in [3.05, 3.63) is 0 Å². The van der Waals surface area contributed by atoms with Gasteiger partial charge in [0, 0.05) is 12.6 Å². The lowest BCUT2D eigenvalue weighted by Gasteiger charge is -2.28. The topological polar surface area (TPSA) is 69.6 Å². The Labute approximate surface area is 96.8 Å². The predicted octanol–water partition coefficient (Wildman–Crippen LogP) is 1.54. The minimum Gasteiger partial charge on any atom is -0.480 e. The van der Waals surface area contributed by atoms with Crippen molar-refractivity contribution >= 4 is 12.0 Å². The first kappa shape index (κ1) is 14.7. The molecule has 5 heteroatoms. The van der Waals surface area contributed by atoms with E-state index in [1.807, 2.05) is 20.8 Å². The summed E-state index contributed by atoms with van der Waals surface area (Å²) in [6.07, 6.45) is 0. The number of rotatable bonds is 5. The summed E-state index contributed by atoms with van der Waals surface area (Å²) in [5.74, 6) is -1.13. The Bertz CT molecular complexity index is 252. The van der Waals surface area contributed by atoms with Crippen LogP contribution < -0.4 is 5.32 Å². The van der Waals surface area contributed by atoms with Gasteiger partial charge in [-0.3, -0.25) is 0 Å². The largest absolute Gasteiger partial charge is 0.480 e. The highest BCUT2D eigenvalue weighted by atomic mass is 16.4. The summed E-state index contributed by atoms with van der Waals surface area (Å²) < 4.78 is 0. The summed E-state index contributed by atoms with van der Waals surface area (Å²) in [5.41, 5.74) is 0. The van der Waals surface area contributed by atoms with Gasteiger partial charge in [0.15, 0.2) is 0 Å². The standard InChI is InChI=1S/C11H22N2O3/c1-6-13(8(4)5)11(16)12-9(7(2)3)10(14)15/h7-9H,6H2,1-5H3,(H,12,16)(H,14,15)/t9-/m1/s1. The predicted molar refractivity (Wildman–Crippen MR) is 62.3 cm³/mol. The van der Waals surface area contributed by atoms with E-state index in [1.54, 1.807) is 18.7 Å². The summed E-state index contributed by atoms with van der Waals surface area (Å²) in [7, 11) is 0. The Balaban J connectivity index is 4.56. The molecule has 94 valence electrons. The van der Waals surface area contributed by atoms with Crippen LogP contribution in [-0.2, 0) is 4.79 Å². The van der Waals surface area contributed by atoms with Crippen molar-refractivity contribution in [2.45, 2.75) is 46.7 Å². The van der Waals surface area contributed by atoms with E-state index in [4.69, 9.17) is 5.11 Å². The molecular formula is C11H22N2O3. The fourth-order valence-electron chi connectivity index (χ4n) is 1.47. The van der Waals surface area contributed by atoms with Gasteiger partial charge in [-0.1, -0.05) is 13.8 Å². The molecule has 0 aromatic heterocycles. The van der Waals surface area contributed by atoms with Gasteiger partial charge in [0.1, 0.15) is 6.04 Å². The molecular weight excluding hydrogens is 208 g/mol. The third kappa shape index (κ3) is 4.08. The lowest BCUT2D eigenvalue weighted by Crippen LogP contribution is -2.51. The van der Waals surface area contributed by atoms with Crippen LogP contribution in [-0.4, -0.2) is 40.6 Å². The number of hydrogen-bond acceptors (Lipinski definition) is 2. The van der Waals surface area contributed by atoms with E-state index in [0.717, 1.165) is 0 Å². The van der Waals surface area contributed by atoms with Crippen molar-refractivity contribution in [2.75, 3.05) is 6.54 Å². The molecule has 0 aromatic carbocycles. The maximum absolute atomic E-state index is 11.8. The van der Waals surface area contributed by atoms with Gasteiger partial charge in [-0.15, -0.1) is 0 Å². The maximum Gasteiger partial charge on any atom is 0.326 e. The molecule has 0 rings (SSSR count). The van der Waals surface area contributed by atoms with Gasteiger partial charge in [0.25, 0.3) is 0 Å². The fourth-order valence-corrected chi connectivity index (χ4v) is 1.47. The molecule has 0 fully saturated rings. The van der Waals surface area contributed by atoms with E-state index in [-0.39, 0.29) is 18.0 Å². The minimum atomic E-state index is -0.997. The van der Waals surface area contributed by atoms with Crippen molar-refractivity contribution in [1.29, 1.82) is 0 Å². The summed E-state index contributed by atoms with van der Waals surface area (Å²) in [6, 6.07) is -1.09. The summed E-state index contributed by atoms with van der Waals surface area (Å²) in [5, 5.41) is 11.5. The van der Waals surface area contributed by atoms with Crippen LogP contribution in [0.4, 0.5) is 4.79 Å². The molecule has 0 aliphatic heterocycles. The second kappa shape index (κ2) is 6.35. The molecule has 0 aliphatic carbocycles. The molecule has 2 amide bonds. The van der Waals surface area contributed by atoms with E-state index in [2.05, 4.69) is 5.32 Å². The molecule has 0 saturated heterocycles. The Morgan fingerprint density at radius 3 is 2.00 bits per heavy atom. The van der Waals surface area contributed by atoms with Crippen LogP contribution in [0.5, 0.6) is 0 Å². The fraction of sp³-hybridized carbons (Fsp3) is 0.818. The Morgan fingerprint density at radius 2 is 1.75 bits per heavy atom. The zero-order valence-corrected chi connectivity index (χ0v) is 10.7. The summed E-state index contributed by atoms with van der Waals surface area (Å²) in [6.45, 7) is 9.76. The molecule has 0 heterocycles. The van der Waals surface area contributed by atoms with Gasteiger partial charge < -0.3 is 15.3 Å². The Morgan fingerprint density at radius 1 is 1.25 bits per heavy atom. The highest BCUT2D eigenvalue weighted by molar-refractivity contribution is 5.82. The smallest absolute Gasteiger partial charge is 0.326 e. The van der Waals surface area contributed by atoms with Crippen molar-refractivity contribution < 1.29 is 14.7 Å². The van der Waals surface area contributed by atoms with E-state index >= 15 is 0 Å².